The van der Waals surface area contributed by atoms with Crippen molar-refractivity contribution in [3.8, 4) is 5.75 Å². The Balaban J connectivity index is 2.64. The minimum absolute atomic E-state index is 0.339. The molecule has 0 aliphatic carbocycles. The number of anilines is 1. The van der Waals surface area contributed by atoms with E-state index in [9.17, 15) is 4.39 Å². The molecule has 1 rings (SSSR count). The highest BCUT2D eigenvalue weighted by atomic mass is 32.1. The van der Waals surface area contributed by atoms with Gasteiger partial charge in [-0.05, 0) is 30.3 Å². The monoisotopic (exact) mass is 256 g/mol. The van der Waals surface area contributed by atoms with Gasteiger partial charge >= 0.3 is 0 Å². The van der Waals surface area contributed by atoms with Gasteiger partial charge in [-0.15, -0.1) is 0 Å². The van der Waals surface area contributed by atoms with E-state index in [0.717, 1.165) is 6.54 Å². The molecule has 0 heterocycles. The average Bonchev–Trinajstić information content (AvgIpc) is 2.28. The summed E-state index contributed by atoms with van der Waals surface area (Å²) in [6.07, 6.45) is 0. The van der Waals surface area contributed by atoms with Crippen molar-refractivity contribution in [1.29, 1.82) is 0 Å². The molecule has 0 bridgehead atoms. The third kappa shape index (κ3) is 4.56. The molecule has 0 saturated heterocycles. The highest BCUT2D eigenvalue weighted by Crippen LogP contribution is 2.24. The van der Waals surface area contributed by atoms with Gasteiger partial charge < -0.3 is 15.4 Å². The molecular weight excluding hydrogens is 239 g/mol. The van der Waals surface area contributed by atoms with E-state index in [1.807, 2.05) is 0 Å². The molecule has 0 amide bonds. The van der Waals surface area contributed by atoms with E-state index in [-0.39, 0.29) is 5.82 Å². The molecule has 0 spiro atoms. The van der Waals surface area contributed by atoms with E-state index in [1.54, 1.807) is 6.07 Å². The van der Waals surface area contributed by atoms with Crippen LogP contribution < -0.4 is 15.4 Å². The fourth-order valence-corrected chi connectivity index (χ4v) is 1.42. The normalized spacial score (nSPS) is 10.2. The third-order valence-corrected chi connectivity index (χ3v) is 2.33. The van der Waals surface area contributed by atoms with E-state index in [1.165, 1.54) is 19.2 Å². The topological polar surface area (TPSA) is 33.3 Å². The molecular formula is C12H17FN2OS. The third-order valence-electron chi connectivity index (χ3n) is 2.08. The predicted molar refractivity (Wildman–Crippen MR) is 72.0 cm³/mol. The Hall–Kier alpha value is -1.36. The Morgan fingerprint density at radius 1 is 1.47 bits per heavy atom. The molecule has 94 valence electrons. The molecule has 0 unspecified atom stereocenters. The first-order chi connectivity index (χ1) is 8.02. The molecule has 0 aliphatic heterocycles. The maximum Gasteiger partial charge on any atom is 0.170 e. The zero-order valence-corrected chi connectivity index (χ0v) is 11.0. The molecule has 0 saturated carbocycles. The minimum atomic E-state index is -0.339. The molecule has 17 heavy (non-hydrogen) atoms. The molecule has 1 aromatic carbocycles. The van der Waals surface area contributed by atoms with Gasteiger partial charge in [-0.2, -0.15) is 0 Å². The minimum Gasteiger partial charge on any atom is -0.494 e. The van der Waals surface area contributed by atoms with Crippen LogP contribution in [0.4, 0.5) is 10.1 Å². The van der Waals surface area contributed by atoms with Crippen molar-refractivity contribution in [1.82, 2.24) is 5.32 Å². The molecule has 0 fully saturated rings. The largest absolute Gasteiger partial charge is 0.494 e. The van der Waals surface area contributed by atoms with E-state index in [2.05, 4.69) is 24.5 Å². The zero-order valence-electron chi connectivity index (χ0n) is 10.2. The molecule has 0 aliphatic rings. The summed E-state index contributed by atoms with van der Waals surface area (Å²) in [7, 11) is 1.49. The van der Waals surface area contributed by atoms with E-state index in [4.69, 9.17) is 17.0 Å². The van der Waals surface area contributed by atoms with Crippen molar-refractivity contribution in [3.63, 3.8) is 0 Å². The highest BCUT2D eigenvalue weighted by Gasteiger charge is 2.06. The molecule has 0 atom stereocenters. The Labute approximate surface area is 106 Å². The number of ether oxygens (including phenoxy) is 1. The van der Waals surface area contributed by atoms with E-state index in [0.29, 0.717) is 22.5 Å². The van der Waals surface area contributed by atoms with Crippen LogP contribution in [0.3, 0.4) is 0 Å². The van der Waals surface area contributed by atoms with Crippen LogP contribution in [0.1, 0.15) is 13.8 Å². The van der Waals surface area contributed by atoms with Gasteiger partial charge in [-0.1, -0.05) is 13.8 Å². The number of halogens is 1. The van der Waals surface area contributed by atoms with Crippen LogP contribution in [-0.4, -0.2) is 18.8 Å². The lowest BCUT2D eigenvalue weighted by Gasteiger charge is -2.14. The lowest BCUT2D eigenvalue weighted by atomic mass is 10.2. The number of hydrogen-bond donors (Lipinski definition) is 2. The Kier molecular flexibility index (Phi) is 5.15. The van der Waals surface area contributed by atoms with Gasteiger partial charge in [0.1, 0.15) is 11.6 Å². The number of rotatable bonds is 4. The van der Waals surface area contributed by atoms with Crippen LogP contribution in [-0.2, 0) is 0 Å². The van der Waals surface area contributed by atoms with Gasteiger partial charge in [0.25, 0.3) is 0 Å². The average molecular weight is 256 g/mol. The summed E-state index contributed by atoms with van der Waals surface area (Å²) >= 11 is 5.12. The summed E-state index contributed by atoms with van der Waals surface area (Å²) in [5, 5.41) is 6.54. The fraction of sp³-hybridized carbons (Fsp3) is 0.417. The molecule has 1 aromatic rings. The predicted octanol–water partition coefficient (Wildman–Crippen LogP) is 2.78. The van der Waals surface area contributed by atoms with Crippen LogP contribution in [0.25, 0.3) is 0 Å². The zero-order chi connectivity index (χ0) is 12.8. The second kappa shape index (κ2) is 6.39. The summed E-state index contributed by atoms with van der Waals surface area (Å²) < 4.78 is 18.0. The molecule has 5 heteroatoms. The van der Waals surface area contributed by atoms with Crippen LogP contribution >= 0.6 is 12.2 Å². The Bertz CT molecular complexity index is 396. The van der Waals surface area contributed by atoms with Crippen molar-refractivity contribution in [2.45, 2.75) is 13.8 Å². The van der Waals surface area contributed by atoms with Crippen LogP contribution in [0.5, 0.6) is 5.75 Å². The number of nitrogens with one attached hydrogen (secondary N) is 2. The number of thiocarbonyl (C=S) groups is 1. The number of hydrogen-bond acceptors (Lipinski definition) is 2. The quantitative estimate of drug-likeness (QED) is 0.812. The van der Waals surface area contributed by atoms with E-state index < -0.39 is 0 Å². The second-order valence-electron chi connectivity index (χ2n) is 4.07. The van der Waals surface area contributed by atoms with Gasteiger partial charge in [0.15, 0.2) is 5.11 Å². The van der Waals surface area contributed by atoms with Crippen molar-refractivity contribution >= 4 is 23.0 Å². The van der Waals surface area contributed by atoms with Crippen LogP contribution in [0, 0.1) is 11.7 Å². The van der Waals surface area contributed by atoms with Gasteiger partial charge in [0.2, 0.25) is 0 Å². The second-order valence-corrected chi connectivity index (χ2v) is 4.48. The smallest absolute Gasteiger partial charge is 0.170 e. The van der Waals surface area contributed by atoms with Gasteiger partial charge in [0.05, 0.1) is 12.8 Å². The number of methoxy groups -OCH3 is 1. The lowest BCUT2D eigenvalue weighted by molar-refractivity contribution is 0.413. The van der Waals surface area contributed by atoms with Crippen molar-refractivity contribution in [2.75, 3.05) is 19.0 Å². The summed E-state index contributed by atoms with van der Waals surface area (Å²) in [6, 6.07) is 4.26. The van der Waals surface area contributed by atoms with Crippen LogP contribution in [0.2, 0.25) is 0 Å². The fourth-order valence-electron chi connectivity index (χ4n) is 1.23. The van der Waals surface area contributed by atoms with Crippen molar-refractivity contribution < 1.29 is 9.13 Å². The lowest BCUT2D eigenvalue weighted by Crippen LogP contribution is -2.31. The Morgan fingerprint density at radius 3 is 2.76 bits per heavy atom. The summed E-state index contributed by atoms with van der Waals surface area (Å²) in [5.41, 5.74) is 0.648. The van der Waals surface area contributed by atoms with Gasteiger partial charge in [0, 0.05) is 12.6 Å². The summed E-state index contributed by atoms with van der Waals surface area (Å²) in [6.45, 7) is 4.97. The first-order valence-electron chi connectivity index (χ1n) is 5.41. The highest BCUT2D eigenvalue weighted by molar-refractivity contribution is 7.80. The molecule has 0 aromatic heterocycles. The van der Waals surface area contributed by atoms with E-state index >= 15 is 0 Å². The standard InChI is InChI=1S/C12H17FN2OS/c1-8(2)7-14-12(17)15-10-5-4-9(13)6-11(10)16-3/h4-6,8H,7H2,1-3H3,(H2,14,15,17). The van der Waals surface area contributed by atoms with Gasteiger partial charge in [-0.3, -0.25) is 0 Å². The maximum absolute atomic E-state index is 13.0. The molecule has 2 N–H and O–H groups in total. The van der Waals surface area contributed by atoms with Gasteiger partial charge in [-0.25, -0.2) is 4.39 Å². The number of benzene rings is 1. The first-order valence-corrected chi connectivity index (χ1v) is 5.82. The first kappa shape index (κ1) is 13.7. The van der Waals surface area contributed by atoms with Crippen molar-refractivity contribution in [2.24, 2.45) is 5.92 Å². The molecule has 0 radical (unpaired) electrons. The SMILES string of the molecule is COc1cc(F)ccc1NC(=S)NCC(C)C. The maximum atomic E-state index is 13.0. The summed E-state index contributed by atoms with van der Waals surface area (Å²) in [5.74, 6) is 0.594. The molecule has 3 nitrogen and oxygen atoms in total. The Morgan fingerprint density at radius 2 is 2.18 bits per heavy atom. The van der Waals surface area contributed by atoms with Crippen molar-refractivity contribution in [3.05, 3.63) is 24.0 Å². The summed E-state index contributed by atoms with van der Waals surface area (Å²) in [4.78, 5) is 0. The van der Waals surface area contributed by atoms with Crippen LogP contribution in [0.15, 0.2) is 18.2 Å².